The molecule has 0 fully saturated rings. The standard InChI is InChI=1S/C15H14N4O4/c1-15(2,7-9-8-16-18-17-9)14(22)23-19-12(20)10-5-3-4-6-11(10)13(19)21/h3-6,8H,7H2,1-2H3,(H,16,17,18). The zero-order valence-electron chi connectivity index (χ0n) is 12.6. The van der Waals surface area contributed by atoms with Gasteiger partial charge in [0.2, 0.25) is 0 Å². The summed E-state index contributed by atoms with van der Waals surface area (Å²) in [7, 11) is 0. The molecule has 3 rings (SSSR count). The fourth-order valence-electron chi connectivity index (χ4n) is 2.29. The van der Waals surface area contributed by atoms with Crippen molar-refractivity contribution in [2.24, 2.45) is 5.41 Å². The van der Waals surface area contributed by atoms with Gasteiger partial charge >= 0.3 is 5.97 Å². The Bertz CT molecular complexity index is 748. The molecule has 8 nitrogen and oxygen atoms in total. The SMILES string of the molecule is CC(C)(Cc1cn[nH]n1)C(=O)ON1C(=O)c2ccccc2C1=O. The summed E-state index contributed by atoms with van der Waals surface area (Å²) in [4.78, 5) is 41.8. The van der Waals surface area contributed by atoms with Crippen molar-refractivity contribution in [1.29, 1.82) is 0 Å². The van der Waals surface area contributed by atoms with Crippen LogP contribution in [-0.2, 0) is 16.1 Å². The van der Waals surface area contributed by atoms with Crippen LogP contribution < -0.4 is 0 Å². The molecule has 2 aromatic rings. The first kappa shape index (κ1) is 14.9. The third-order valence-corrected chi connectivity index (χ3v) is 3.57. The average molecular weight is 314 g/mol. The first-order chi connectivity index (χ1) is 10.9. The van der Waals surface area contributed by atoms with Crippen LogP contribution in [0.5, 0.6) is 0 Å². The van der Waals surface area contributed by atoms with Crippen LogP contribution in [0.2, 0.25) is 0 Å². The molecule has 1 aromatic heterocycles. The third kappa shape index (κ3) is 2.59. The fourth-order valence-corrected chi connectivity index (χ4v) is 2.29. The molecule has 0 unspecified atom stereocenters. The predicted octanol–water partition coefficient (Wildman–Crippen LogP) is 1.13. The number of aromatic amines is 1. The summed E-state index contributed by atoms with van der Waals surface area (Å²) in [5.41, 5.74) is 0.0418. The lowest BCUT2D eigenvalue weighted by atomic mass is 9.88. The van der Waals surface area contributed by atoms with Gasteiger partial charge in [0.1, 0.15) is 0 Å². The van der Waals surface area contributed by atoms with Crippen LogP contribution >= 0.6 is 0 Å². The van der Waals surface area contributed by atoms with Crippen molar-refractivity contribution in [3.63, 3.8) is 0 Å². The number of nitrogens with zero attached hydrogens (tertiary/aromatic N) is 3. The Morgan fingerprint density at radius 2 is 1.83 bits per heavy atom. The maximum absolute atomic E-state index is 12.4. The lowest BCUT2D eigenvalue weighted by molar-refractivity contribution is -0.179. The van der Waals surface area contributed by atoms with Gasteiger partial charge in [-0.05, 0) is 26.0 Å². The molecule has 1 aromatic carbocycles. The van der Waals surface area contributed by atoms with Crippen molar-refractivity contribution >= 4 is 17.8 Å². The molecule has 0 aliphatic carbocycles. The molecule has 1 aliphatic rings. The molecule has 0 saturated heterocycles. The topological polar surface area (TPSA) is 105 Å². The minimum Gasteiger partial charge on any atom is -0.329 e. The van der Waals surface area contributed by atoms with E-state index in [2.05, 4.69) is 15.4 Å². The Hall–Kier alpha value is -3.03. The number of benzene rings is 1. The van der Waals surface area contributed by atoms with Gasteiger partial charge < -0.3 is 4.84 Å². The summed E-state index contributed by atoms with van der Waals surface area (Å²) in [6, 6.07) is 6.32. The predicted molar refractivity (Wildman–Crippen MR) is 76.9 cm³/mol. The summed E-state index contributed by atoms with van der Waals surface area (Å²) >= 11 is 0. The van der Waals surface area contributed by atoms with Crippen molar-refractivity contribution in [3.8, 4) is 0 Å². The molecule has 2 heterocycles. The van der Waals surface area contributed by atoms with Crippen molar-refractivity contribution in [1.82, 2.24) is 20.5 Å². The van der Waals surface area contributed by atoms with Gasteiger partial charge in [-0.3, -0.25) is 9.59 Å². The molecular weight excluding hydrogens is 300 g/mol. The van der Waals surface area contributed by atoms with Gasteiger partial charge in [-0.2, -0.15) is 15.4 Å². The number of H-pyrrole nitrogens is 1. The van der Waals surface area contributed by atoms with Gasteiger partial charge in [-0.1, -0.05) is 17.2 Å². The number of carbonyl (C=O) groups is 3. The number of imide groups is 1. The largest absolute Gasteiger partial charge is 0.339 e. The molecular formula is C15H14N4O4. The smallest absolute Gasteiger partial charge is 0.329 e. The van der Waals surface area contributed by atoms with Crippen LogP contribution in [0.15, 0.2) is 30.5 Å². The molecule has 0 spiro atoms. The molecule has 23 heavy (non-hydrogen) atoms. The lowest BCUT2D eigenvalue weighted by Gasteiger charge is -2.23. The summed E-state index contributed by atoms with van der Waals surface area (Å²) in [6.45, 7) is 3.28. The van der Waals surface area contributed by atoms with E-state index in [1.54, 1.807) is 26.0 Å². The number of hydrogen-bond donors (Lipinski definition) is 1. The Labute approximate surface area is 131 Å². The Morgan fingerprint density at radius 3 is 2.35 bits per heavy atom. The third-order valence-electron chi connectivity index (χ3n) is 3.57. The molecule has 8 heteroatoms. The number of hydrogen-bond acceptors (Lipinski definition) is 6. The van der Waals surface area contributed by atoms with Crippen LogP contribution in [0.25, 0.3) is 0 Å². The van der Waals surface area contributed by atoms with E-state index in [9.17, 15) is 14.4 Å². The molecule has 0 saturated carbocycles. The molecule has 0 radical (unpaired) electrons. The van der Waals surface area contributed by atoms with Crippen LogP contribution in [0.1, 0.15) is 40.3 Å². The number of rotatable bonds is 4. The summed E-state index contributed by atoms with van der Waals surface area (Å²) < 4.78 is 0. The minimum atomic E-state index is -0.980. The molecule has 0 bridgehead atoms. The summed E-state index contributed by atoms with van der Waals surface area (Å²) in [6.07, 6.45) is 1.75. The minimum absolute atomic E-state index is 0.222. The lowest BCUT2D eigenvalue weighted by Crippen LogP contribution is -2.39. The van der Waals surface area contributed by atoms with E-state index >= 15 is 0 Å². The Kier molecular flexibility index (Phi) is 3.44. The van der Waals surface area contributed by atoms with E-state index in [1.165, 1.54) is 18.3 Å². The maximum atomic E-state index is 12.4. The normalized spacial score (nSPS) is 14.1. The second-order valence-electron chi connectivity index (χ2n) is 5.85. The Balaban J connectivity index is 1.76. The zero-order chi connectivity index (χ0) is 16.6. The quantitative estimate of drug-likeness (QED) is 0.848. The average Bonchev–Trinajstić information content (AvgIpc) is 3.10. The second kappa shape index (κ2) is 5.31. The van der Waals surface area contributed by atoms with E-state index in [4.69, 9.17) is 4.84 Å². The Morgan fingerprint density at radius 1 is 1.22 bits per heavy atom. The molecule has 118 valence electrons. The first-order valence-corrected chi connectivity index (χ1v) is 6.95. The van der Waals surface area contributed by atoms with Crippen LogP contribution in [0.4, 0.5) is 0 Å². The van der Waals surface area contributed by atoms with Gasteiger partial charge in [0, 0.05) is 6.42 Å². The van der Waals surface area contributed by atoms with Crippen molar-refractivity contribution in [3.05, 3.63) is 47.3 Å². The monoisotopic (exact) mass is 314 g/mol. The van der Waals surface area contributed by atoms with Crippen LogP contribution in [0, 0.1) is 5.41 Å². The highest BCUT2D eigenvalue weighted by Crippen LogP contribution is 2.27. The van der Waals surface area contributed by atoms with Gasteiger partial charge in [-0.25, -0.2) is 4.79 Å². The van der Waals surface area contributed by atoms with E-state index in [0.29, 0.717) is 10.8 Å². The van der Waals surface area contributed by atoms with Gasteiger partial charge in [0.25, 0.3) is 11.8 Å². The van der Waals surface area contributed by atoms with E-state index in [-0.39, 0.29) is 17.5 Å². The van der Waals surface area contributed by atoms with E-state index < -0.39 is 23.2 Å². The van der Waals surface area contributed by atoms with Gasteiger partial charge in [0.05, 0.1) is 28.4 Å². The maximum Gasteiger partial charge on any atom is 0.339 e. The first-order valence-electron chi connectivity index (χ1n) is 6.95. The molecule has 2 amide bonds. The summed E-state index contributed by atoms with van der Waals surface area (Å²) in [5.74, 6) is -1.98. The van der Waals surface area contributed by atoms with Crippen molar-refractivity contribution in [2.75, 3.05) is 0 Å². The number of aromatic nitrogens is 3. The number of fused-ring (bicyclic) bond motifs is 1. The highest BCUT2D eigenvalue weighted by Gasteiger charge is 2.41. The van der Waals surface area contributed by atoms with Crippen LogP contribution in [0.3, 0.4) is 0 Å². The highest BCUT2D eigenvalue weighted by molar-refractivity contribution is 6.20. The number of hydroxylamine groups is 2. The molecule has 0 atom stereocenters. The number of carbonyl (C=O) groups excluding carboxylic acids is 3. The van der Waals surface area contributed by atoms with Crippen molar-refractivity contribution < 1.29 is 19.2 Å². The number of amides is 2. The van der Waals surface area contributed by atoms with Crippen molar-refractivity contribution in [2.45, 2.75) is 20.3 Å². The molecule has 1 aliphatic heterocycles. The van der Waals surface area contributed by atoms with Gasteiger partial charge in [-0.15, -0.1) is 0 Å². The number of nitrogens with one attached hydrogen (secondary N) is 1. The molecule has 1 N–H and O–H groups in total. The fraction of sp³-hybridized carbons (Fsp3) is 0.267. The van der Waals surface area contributed by atoms with Gasteiger partial charge in [0.15, 0.2) is 0 Å². The van der Waals surface area contributed by atoms with E-state index in [0.717, 1.165) is 0 Å². The zero-order valence-corrected chi connectivity index (χ0v) is 12.6. The van der Waals surface area contributed by atoms with Crippen LogP contribution in [-0.4, -0.2) is 38.3 Å². The highest BCUT2D eigenvalue weighted by atomic mass is 16.7. The second-order valence-corrected chi connectivity index (χ2v) is 5.85. The summed E-state index contributed by atoms with van der Waals surface area (Å²) in [5, 5.41) is 10.5. The van der Waals surface area contributed by atoms with E-state index in [1.807, 2.05) is 0 Å².